The van der Waals surface area contributed by atoms with Gasteiger partial charge in [-0.25, -0.2) is 19.9 Å². The van der Waals surface area contributed by atoms with E-state index in [2.05, 4.69) is 43.7 Å². The standard InChI is InChI=1S/C18H22N6O/c1-3-4-5-6-14(2)11-19-17-16-15(21-13-22-17)12-20-18(23-16)24-7-9-25-10-8-24/h3-6,12-13H,1,7-11H2,2H3,(H,19,21,22)/b5-4-,14-6-. The summed E-state index contributed by atoms with van der Waals surface area (Å²) < 4.78 is 5.39. The molecule has 0 aliphatic carbocycles. The summed E-state index contributed by atoms with van der Waals surface area (Å²) in [6.45, 7) is 9.35. The number of allylic oxidation sites excluding steroid dienone is 4. The third-order valence-electron chi connectivity index (χ3n) is 3.82. The minimum atomic E-state index is 0.671. The SMILES string of the molecule is C=C/C=C\C=C(\C)CNc1ncnc2cnc(N3CCOCC3)nc12. The summed E-state index contributed by atoms with van der Waals surface area (Å²) in [4.78, 5) is 19.8. The van der Waals surface area contributed by atoms with Crippen LogP contribution in [-0.4, -0.2) is 52.8 Å². The van der Waals surface area contributed by atoms with Crippen molar-refractivity contribution >= 4 is 22.8 Å². The number of ether oxygens (including phenoxy) is 1. The van der Waals surface area contributed by atoms with E-state index in [9.17, 15) is 0 Å². The van der Waals surface area contributed by atoms with E-state index in [4.69, 9.17) is 4.74 Å². The van der Waals surface area contributed by atoms with Crippen LogP contribution in [0.25, 0.3) is 11.0 Å². The Hall–Kier alpha value is -2.80. The van der Waals surface area contributed by atoms with Crippen LogP contribution in [0.1, 0.15) is 6.92 Å². The van der Waals surface area contributed by atoms with Crippen molar-refractivity contribution in [2.24, 2.45) is 0 Å². The van der Waals surface area contributed by atoms with Gasteiger partial charge >= 0.3 is 0 Å². The Morgan fingerprint density at radius 3 is 2.92 bits per heavy atom. The van der Waals surface area contributed by atoms with Crippen LogP contribution >= 0.6 is 0 Å². The highest BCUT2D eigenvalue weighted by Crippen LogP contribution is 2.20. The lowest BCUT2D eigenvalue weighted by atomic mass is 10.2. The minimum absolute atomic E-state index is 0.671. The number of morpholine rings is 1. The van der Waals surface area contributed by atoms with E-state index in [1.54, 1.807) is 12.3 Å². The van der Waals surface area contributed by atoms with Crippen molar-refractivity contribution in [1.82, 2.24) is 19.9 Å². The van der Waals surface area contributed by atoms with Crippen molar-refractivity contribution < 1.29 is 4.74 Å². The molecular weight excluding hydrogens is 316 g/mol. The number of aromatic nitrogens is 4. The molecule has 0 amide bonds. The Balaban J connectivity index is 1.81. The van der Waals surface area contributed by atoms with Gasteiger partial charge in [-0.2, -0.15) is 0 Å². The van der Waals surface area contributed by atoms with Crippen molar-refractivity contribution in [3.8, 4) is 0 Å². The quantitative estimate of drug-likeness (QED) is 0.810. The molecule has 1 aliphatic heterocycles. The molecule has 0 atom stereocenters. The summed E-state index contributed by atoms with van der Waals surface area (Å²) in [5.41, 5.74) is 2.63. The molecule has 1 saturated heterocycles. The van der Waals surface area contributed by atoms with Gasteiger partial charge in [-0.15, -0.1) is 0 Å². The van der Waals surface area contributed by atoms with Crippen LogP contribution in [-0.2, 0) is 4.74 Å². The Morgan fingerprint density at radius 1 is 1.28 bits per heavy atom. The highest BCUT2D eigenvalue weighted by molar-refractivity contribution is 5.85. The van der Waals surface area contributed by atoms with Crippen LogP contribution in [0.4, 0.5) is 11.8 Å². The first kappa shape index (κ1) is 17.0. The van der Waals surface area contributed by atoms with E-state index in [-0.39, 0.29) is 0 Å². The third kappa shape index (κ3) is 4.39. The van der Waals surface area contributed by atoms with Crippen LogP contribution < -0.4 is 10.2 Å². The summed E-state index contributed by atoms with van der Waals surface area (Å²) in [6, 6.07) is 0. The Labute approximate surface area is 147 Å². The van der Waals surface area contributed by atoms with Gasteiger partial charge in [0.2, 0.25) is 5.95 Å². The molecule has 0 radical (unpaired) electrons. The maximum atomic E-state index is 5.39. The lowest BCUT2D eigenvalue weighted by Crippen LogP contribution is -2.37. The summed E-state index contributed by atoms with van der Waals surface area (Å²) in [5, 5.41) is 3.33. The predicted molar refractivity (Wildman–Crippen MR) is 99.7 cm³/mol. The van der Waals surface area contributed by atoms with Crippen LogP contribution in [0.3, 0.4) is 0 Å². The molecule has 0 aromatic carbocycles. The van der Waals surface area contributed by atoms with E-state index in [0.717, 1.165) is 24.1 Å². The van der Waals surface area contributed by atoms with Gasteiger partial charge in [-0.05, 0) is 6.92 Å². The number of hydrogen-bond donors (Lipinski definition) is 1. The minimum Gasteiger partial charge on any atom is -0.378 e. The zero-order valence-electron chi connectivity index (χ0n) is 14.4. The molecule has 1 N–H and O–H groups in total. The van der Waals surface area contributed by atoms with Gasteiger partial charge < -0.3 is 15.0 Å². The number of hydrogen-bond acceptors (Lipinski definition) is 7. The molecule has 0 spiro atoms. The summed E-state index contributed by atoms with van der Waals surface area (Å²) in [6.07, 6.45) is 10.9. The molecule has 1 fully saturated rings. The lowest BCUT2D eigenvalue weighted by Gasteiger charge is -2.26. The van der Waals surface area contributed by atoms with Crippen LogP contribution in [0.5, 0.6) is 0 Å². The van der Waals surface area contributed by atoms with Crippen molar-refractivity contribution in [3.05, 3.63) is 49.0 Å². The molecule has 7 heteroatoms. The molecule has 2 aromatic rings. The first-order chi connectivity index (χ1) is 12.3. The molecule has 0 saturated carbocycles. The fourth-order valence-electron chi connectivity index (χ4n) is 2.47. The van der Waals surface area contributed by atoms with Crippen LogP contribution in [0, 0.1) is 0 Å². The predicted octanol–water partition coefficient (Wildman–Crippen LogP) is 2.36. The second-order valence-corrected chi connectivity index (χ2v) is 5.71. The first-order valence-electron chi connectivity index (χ1n) is 8.27. The smallest absolute Gasteiger partial charge is 0.226 e. The molecule has 3 rings (SSSR count). The summed E-state index contributed by atoms with van der Waals surface area (Å²) >= 11 is 0. The molecule has 0 bridgehead atoms. The average Bonchev–Trinajstić information content (AvgIpc) is 2.67. The fourth-order valence-corrected chi connectivity index (χ4v) is 2.47. The number of fused-ring (bicyclic) bond motifs is 1. The van der Waals surface area contributed by atoms with E-state index >= 15 is 0 Å². The Bertz CT molecular complexity index is 795. The molecule has 130 valence electrons. The Morgan fingerprint density at radius 2 is 2.12 bits per heavy atom. The number of rotatable bonds is 6. The van der Waals surface area contributed by atoms with Crippen molar-refractivity contribution in [1.29, 1.82) is 0 Å². The van der Waals surface area contributed by atoms with Crippen molar-refractivity contribution in [2.75, 3.05) is 43.1 Å². The number of nitrogens with one attached hydrogen (secondary N) is 1. The molecule has 3 heterocycles. The van der Waals surface area contributed by atoms with Gasteiger partial charge in [-0.1, -0.05) is 36.5 Å². The normalized spacial score (nSPS) is 15.7. The maximum Gasteiger partial charge on any atom is 0.226 e. The first-order valence-corrected chi connectivity index (χ1v) is 8.27. The van der Waals surface area contributed by atoms with E-state index in [1.807, 2.05) is 18.2 Å². The van der Waals surface area contributed by atoms with Crippen LogP contribution in [0.15, 0.2) is 49.0 Å². The van der Waals surface area contributed by atoms with E-state index in [0.29, 0.717) is 31.5 Å². The van der Waals surface area contributed by atoms with Gasteiger partial charge in [-0.3, -0.25) is 0 Å². The van der Waals surface area contributed by atoms with Gasteiger partial charge in [0.15, 0.2) is 5.82 Å². The zero-order chi connectivity index (χ0) is 17.5. The Kier molecular flexibility index (Phi) is 5.69. The average molecular weight is 338 g/mol. The van der Waals surface area contributed by atoms with Gasteiger partial charge in [0.25, 0.3) is 0 Å². The molecule has 1 aliphatic rings. The molecular formula is C18H22N6O. The highest BCUT2D eigenvalue weighted by Gasteiger charge is 2.15. The van der Waals surface area contributed by atoms with Crippen molar-refractivity contribution in [3.63, 3.8) is 0 Å². The number of anilines is 2. The molecule has 25 heavy (non-hydrogen) atoms. The molecule has 7 nitrogen and oxygen atoms in total. The monoisotopic (exact) mass is 338 g/mol. The van der Waals surface area contributed by atoms with Gasteiger partial charge in [0.1, 0.15) is 17.4 Å². The van der Waals surface area contributed by atoms with Crippen molar-refractivity contribution in [2.45, 2.75) is 6.92 Å². The summed E-state index contributed by atoms with van der Waals surface area (Å²) in [5.74, 6) is 1.40. The lowest BCUT2D eigenvalue weighted by molar-refractivity contribution is 0.122. The second-order valence-electron chi connectivity index (χ2n) is 5.71. The number of nitrogens with zero attached hydrogens (tertiary/aromatic N) is 5. The second kappa shape index (κ2) is 8.34. The zero-order valence-corrected chi connectivity index (χ0v) is 14.4. The van der Waals surface area contributed by atoms with E-state index in [1.165, 1.54) is 11.9 Å². The largest absolute Gasteiger partial charge is 0.378 e. The highest BCUT2D eigenvalue weighted by atomic mass is 16.5. The topological polar surface area (TPSA) is 76.1 Å². The molecule has 0 unspecified atom stereocenters. The van der Waals surface area contributed by atoms with Crippen LogP contribution in [0.2, 0.25) is 0 Å². The molecule has 2 aromatic heterocycles. The third-order valence-corrected chi connectivity index (χ3v) is 3.82. The maximum absolute atomic E-state index is 5.39. The fraction of sp³-hybridized carbons (Fsp3) is 0.333. The van der Waals surface area contributed by atoms with E-state index < -0.39 is 0 Å². The van der Waals surface area contributed by atoms with Gasteiger partial charge in [0.05, 0.1) is 19.4 Å². The van der Waals surface area contributed by atoms with Gasteiger partial charge in [0, 0.05) is 19.6 Å². The summed E-state index contributed by atoms with van der Waals surface area (Å²) in [7, 11) is 0.